The van der Waals surface area contributed by atoms with E-state index in [1.807, 2.05) is 0 Å². The van der Waals surface area contributed by atoms with Crippen LogP contribution in [0.5, 0.6) is 0 Å². The average molecular weight is 321 g/mol. The van der Waals surface area contributed by atoms with E-state index < -0.39 is 36.1 Å². The number of nitrogens with one attached hydrogen (secondary N) is 1. The molecule has 0 spiro atoms. The third-order valence-electron chi connectivity index (χ3n) is 2.94. The van der Waals surface area contributed by atoms with E-state index in [9.17, 15) is 18.8 Å². The van der Waals surface area contributed by atoms with Gasteiger partial charge in [0.15, 0.2) is 5.76 Å². The first-order valence-electron chi connectivity index (χ1n) is 6.48. The summed E-state index contributed by atoms with van der Waals surface area (Å²) in [5.41, 5.74) is 0.533. The molecule has 0 radical (unpaired) electrons. The summed E-state index contributed by atoms with van der Waals surface area (Å²) in [7, 11) is 0. The molecule has 2 rings (SSSR count). The first kappa shape index (κ1) is 16.2. The largest absolute Gasteiger partial charge is 0.481 e. The highest BCUT2D eigenvalue weighted by molar-refractivity contribution is 5.95. The van der Waals surface area contributed by atoms with Crippen molar-refractivity contribution in [3.8, 4) is 11.3 Å². The lowest BCUT2D eigenvalue weighted by Gasteiger charge is -2.10. The number of aliphatic carboxylic acids is 2. The van der Waals surface area contributed by atoms with Crippen molar-refractivity contribution in [1.29, 1.82) is 0 Å². The summed E-state index contributed by atoms with van der Waals surface area (Å²) in [6.07, 6.45) is -0.757. The number of carboxylic acids is 2. The van der Waals surface area contributed by atoms with Gasteiger partial charge in [-0.15, -0.1) is 0 Å². The average Bonchev–Trinajstić information content (AvgIpc) is 2.96. The van der Waals surface area contributed by atoms with Gasteiger partial charge < -0.3 is 19.9 Å². The van der Waals surface area contributed by atoms with Gasteiger partial charge in [0.1, 0.15) is 17.6 Å². The van der Waals surface area contributed by atoms with Crippen LogP contribution >= 0.6 is 0 Å². The second-order valence-corrected chi connectivity index (χ2v) is 4.63. The molecule has 0 fully saturated rings. The summed E-state index contributed by atoms with van der Waals surface area (Å²) in [5.74, 6) is -3.99. The molecule has 1 aromatic carbocycles. The van der Waals surface area contributed by atoms with Crippen LogP contribution < -0.4 is 5.32 Å². The Bertz CT molecular complexity index is 737. The zero-order valence-electron chi connectivity index (χ0n) is 11.7. The molecule has 23 heavy (non-hydrogen) atoms. The van der Waals surface area contributed by atoms with Crippen molar-refractivity contribution in [1.82, 2.24) is 5.32 Å². The van der Waals surface area contributed by atoms with Gasteiger partial charge in [-0.2, -0.15) is 0 Å². The lowest BCUT2D eigenvalue weighted by molar-refractivity contribution is -0.145. The van der Waals surface area contributed by atoms with Gasteiger partial charge in [-0.1, -0.05) is 0 Å². The minimum absolute atomic E-state index is 0.180. The number of carbonyl (C=O) groups is 3. The van der Waals surface area contributed by atoms with E-state index in [1.165, 1.54) is 36.4 Å². The van der Waals surface area contributed by atoms with Crippen molar-refractivity contribution in [2.45, 2.75) is 12.5 Å². The van der Waals surface area contributed by atoms with Crippen molar-refractivity contribution < 1.29 is 33.4 Å². The van der Waals surface area contributed by atoms with E-state index in [4.69, 9.17) is 14.6 Å². The summed E-state index contributed by atoms with van der Waals surface area (Å²) in [4.78, 5) is 33.4. The number of carbonyl (C=O) groups excluding carboxylic acids is 1. The number of benzene rings is 1. The van der Waals surface area contributed by atoms with Crippen LogP contribution in [0.25, 0.3) is 11.3 Å². The van der Waals surface area contributed by atoms with Crippen molar-refractivity contribution in [3.63, 3.8) is 0 Å². The maximum atomic E-state index is 12.9. The summed E-state index contributed by atoms with van der Waals surface area (Å²) in [6.45, 7) is 0. The molecule has 1 amide bonds. The number of rotatable bonds is 6. The third kappa shape index (κ3) is 4.16. The maximum absolute atomic E-state index is 12.9. The Morgan fingerprint density at radius 1 is 1.09 bits per heavy atom. The number of furan rings is 1. The third-order valence-corrected chi connectivity index (χ3v) is 2.94. The van der Waals surface area contributed by atoms with Gasteiger partial charge in [-0.3, -0.25) is 9.59 Å². The van der Waals surface area contributed by atoms with Crippen molar-refractivity contribution in [2.24, 2.45) is 0 Å². The lowest BCUT2D eigenvalue weighted by atomic mass is 10.2. The van der Waals surface area contributed by atoms with Crippen molar-refractivity contribution in [2.75, 3.05) is 0 Å². The highest BCUT2D eigenvalue weighted by Crippen LogP contribution is 2.22. The molecule has 0 aliphatic heterocycles. The number of hydrogen-bond donors (Lipinski definition) is 3. The molecule has 120 valence electrons. The molecular formula is C15H12FNO6. The molecule has 0 aliphatic carbocycles. The zero-order chi connectivity index (χ0) is 17.0. The molecule has 1 atom stereocenters. The molecule has 0 saturated carbocycles. The van der Waals surface area contributed by atoms with Gasteiger partial charge in [0.25, 0.3) is 5.91 Å². The Labute approximate surface area is 129 Å². The number of hydrogen-bond acceptors (Lipinski definition) is 4. The monoisotopic (exact) mass is 321 g/mol. The van der Waals surface area contributed by atoms with Crippen LogP contribution in [0, 0.1) is 5.82 Å². The summed E-state index contributed by atoms with van der Waals surface area (Å²) < 4.78 is 18.1. The molecule has 1 aromatic heterocycles. The van der Waals surface area contributed by atoms with Crippen LogP contribution in [-0.2, 0) is 9.59 Å². The van der Waals surface area contributed by atoms with Crippen LogP contribution in [0.1, 0.15) is 17.0 Å². The molecule has 0 bridgehead atoms. The van der Waals surface area contributed by atoms with Gasteiger partial charge in [-0.25, -0.2) is 9.18 Å². The van der Waals surface area contributed by atoms with Gasteiger partial charge in [0, 0.05) is 5.56 Å². The summed E-state index contributed by atoms with van der Waals surface area (Å²) in [5, 5.41) is 19.6. The van der Waals surface area contributed by atoms with E-state index >= 15 is 0 Å². The Kier molecular flexibility index (Phi) is 4.75. The number of carboxylic acid groups (broad SMARTS) is 2. The fourth-order valence-corrected chi connectivity index (χ4v) is 1.83. The Morgan fingerprint density at radius 2 is 1.74 bits per heavy atom. The molecule has 0 saturated heterocycles. The minimum Gasteiger partial charge on any atom is -0.481 e. The quantitative estimate of drug-likeness (QED) is 0.746. The zero-order valence-corrected chi connectivity index (χ0v) is 11.7. The maximum Gasteiger partial charge on any atom is 0.326 e. The van der Waals surface area contributed by atoms with Crippen LogP contribution in [0.3, 0.4) is 0 Å². The molecule has 0 aliphatic rings. The van der Waals surface area contributed by atoms with Gasteiger partial charge in [0.2, 0.25) is 0 Å². The first-order chi connectivity index (χ1) is 10.9. The van der Waals surface area contributed by atoms with E-state index in [-0.39, 0.29) is 5.76 Å². The Hall–Kier alpha value is -3.16. The molecule has 2 aromatic rings. The topological polar surface area (TPSA) is 117 Å². The highest BCUT2D eigenvalue weighted by Gasteiger charge is 2.25. The minimum atomic E-state index is -1.57. The van der Waals surface area contributed by atoms with Gasteiger partial charge >= 0.3 is 11.9 Å². The smallest absolute Gasteiger partial charge is 0.326 e. The van der Waals surface area contributed by atoms with Crippen LogP contribution in [0.15, 0.2) is 40.8 Å². The molecule has 8 heteroatoms. The lowest BCUT2D eigenvalue weighted by Crippen LogP contribution is -2.42. The normalized spacial score (nSPS) is 11.7. The number of halogens is 1. The predicted molar refractivity (Wildman–Crippen MR) is 75.2 cm³/mol. The van der Waals surface area contributed by atoms with E-state index in [0.717, 1.165) is 0 Å². The second-order valence-electron chi connectivity index (χ2n) is 4.63. The molecular weight excluding hydrogens is 309 g/mol. The van der Waals surface area contributed by atoms with Gasteiger partial charge in [0.05, 0.1) is 6.42 Å². The fourth-order valence-electron chi connectivity index (χ4n) is 1.83. The van der Waals surface area contributed by atoms with Crippen molar-refractivity contribution >= 4 is 17.8 Å². The van der Waals surface area contributed by atoms with Crippen LogP contribution in [-0.4, -0.2) is 34.1 Å². The standard InChI is InChI=1S/C15H12FNO6/c16-9-3-1-8(2-4-9)11-5-6-12(23-11)14(20)17-10(15(21)22)7-13(18)19/h1-6,10H,7H2,(H,17,20)(H,18,19)(H,21,22). The predicted octanol–water partition coefficient (Wildman–Crippen LogP) is 1.74. The summed E-state index contributed by atoms with van der Waals surface area (Å²) in [6, 6.07) is 6.58. The second kappa shape index (κ2) is 6.73. The van der Waals surface area contributed by atoms with E-state index in [1.54, 1.807) is 0 Å². The SMILES string of the molecule is O=C(O)CC(NC(=O)c1ccc(-c2ccc(F)cc2)o1)C(=O)O. The molecule has 1 unspecified atom stereocenters. The molecule has 1 heterocycles. The van der Waals surface area contributed by atoms with Crippen LogP contribution in [0.2, 0.25) is 0 Å². The van der Waals surface area contributed by atoms with E-state index in [2.05, 4.69) is 5.32 Å². The molecule has 7 nitrogen and oxygen atoms in total. The van der Waals surface area contributed by atoms with Crippen LogP contribution in [0.4, 0.5) is 4.39 Å². The number of amides is 1. The van der Waals surface area contributed by atoms with E-state index in [0.29, 0.717) is 11.3 Å². The molecule has 3 N–H and O–H groups in total. The van der Waals surface area contributed by atoms with Gasteiger partial charge in [-0.05, 0) is 36.4 Å². The Morgan fingerprint density at radius 3 is 2.30 bits per heavy atom. The fraction of sp³-hybridized carbons (Fsp3) is 0.133. The summed E-state index contributed by atoms with van der Waals surface area (Å²) >= 11 is 0. The van der Waals surface area contributed by atoms with Crippen molar-refractivity contribution in [3.05, 3.63) is 48.0 Å². The first-order valence-corrected chi connectivity index (χ1v) is 6.48. The highest BCUT2D eigenvalue weighted by atomic mass is 19.1. The Balaban J connectivity index is 2.12.